The number of methoxy groups -OCH3 is 3. The number of carbonyl (C=O) groups is 1. The van der Waals surface area contributed by atoms with Gasteiger partial charge in [-0.2, -0.15) is 0 Å². The number of ether oxygens (including phenoxy) is 10. The first-order valence-electron chi connectivity index (χ1n) is 15.8. The molecule has 13 heteroatoms. The van der Waals surface area contributed by atoms with Crippen LogP contribution in [0.25, 0.3) is 0 Å². The minimum Gasteiger partial charge on any atom is -0.493 e. The van der Waals surface area contributed by atoms with Gasteiger partial charge in [0.15, 0.2) is 35.6 Å². The summed E-state index contributed by atoms with van der Waals surface area (Å²) < 4.78 is 58.9. The molecule has 8 rings (SSSR count). The molecule has 254 valence electrons. The van der Waals surface area contributed by atoms with Gasteiger partial charge in [-0.15, -0.1) is 0 Å². The molecule has 5 aliphatic rings. The van der Waals surface area contributed by atoms with E-state index < -0.39 is 66.8 Å². The highest BCUT2D eigenvalue weighted by molar-refractivity contribution is 5.79. The summed E-state index contributed by atoms with van der Waals surface area (Å²) in [7, 11) is 4.59. The van der Waals surface area contributed by atoms with Crippen LogP contribution in [0.2, 0.25) is 0 Å². The first-order chi connectivity index (χ1) is 23.4. The predicted octanol–water partition coefficient (Wildman–Crippen LogP) is 2.99. The molecule has 13 nitrogen and oxygen atoms in total. The van der Waals surface area contributed by atoms with Gasteiger partial charge in [0.05, 0.1) is 46.6 Å². The molecule has 10 atom stereocenters. The molecular formula is C35H36O13. The molecule has 0 saturated carbocycles. The summed E-state index contributed by atoms with van der Waals surface area (Å²) in [4.78, 5) is 13.6. The van der Waals surface area contributed by atoms with E-state index in [-0.39, 0.29) is 20.0 Å². The lowest BCUT2D eigenvalue weighted by atomic mass is 9.66. The van der Waals surface area contributed by atoms with Gasteiger partial charge >= 0.3 is 5.97 Å². The summed E-state index contributed by atoms with van der Waals surface area (Å²) in [6.45, 7) is 0.202. The van der Waals surface area contributed by atoms with E-state index in [1.165, 1.54) is 21.3 Å². The van der Waals surface area contributed by atoms with Crippen LogP contribution < -0.4 is 23.7 Å². The second-order valence-electron chi connectivity index (χ2n) is 12.3. The molecule has 0 unspecified atom stereocenters. The van der Waals surface area contributed by atoms with E-state index in [0.29, 0.717) is 34.3 Å². The number of esters is 1. The van der Waals surface area contributed by atoms with Crippen LogP contribution in [0.1, 0.15) is 40.6 Å². The van der Waals surface area contributed by atoms with E-state index in [2.05, 4.69) is 0 Å². The second kappa shape index (κ2) is 12.4. The summed E-state index contributed by atoms with van der Waals surface area (Å²) in [5.74, 6) is 0.203. The van der Waals surface area contributed by atoms with Gasteiger partial charge in [0, 0.05) is 17.4 Å². The molecule has 0 amide bonds. The van der Waals surface area contributed by atoms with Crippen LogP contribution in [0.15, 0.2) is 54.6 Å². The SMILES string of the molecule is COc1cc([C@@H]2c3cc4c(cc3[C@H](O[C@@H]3O[C@@H]5CO[C@H](c6ccccc6)O[C@H]5[C@H](O)[C@H]3O)[C@H]3COC(=O)[C@H]23)OCO4)cc(OC)c1OC. The molecule has 1 aliphatic carbocycles. The van der Waals surface area contributed by atoms with Gasteiger partial charge in [0.2, 0.25) is 12.5 Å². The number of benzene rings is 3. The Labute approximate surface area is 276 Å². The minimum atomic E-state index is -1.47. The highest BCUT2D eigenvalue weighted by Gasteiger charge is 2.56. The van der Waals surface area contributed by atoms with Crippen molar-refractivity contribution >= 4 is 5.97 Å². The Hall–Kier alpha value is -4.11. The van der Waals surface area contributed by atoms with Crippen molar-refractivity contribution in [3.05, 3.63) is 76.9 Å². The standard InChI is InChI=1S/C35H36O13/c1-39-23-9-17(10-24(40-2)31(23)41-3)26-18-11-21-22(45-15-44-21)12-19(18)30(20-13-42-33(38)27(20)26)47-35-29(37)28(36)32-25(46-35)14-43-34(48-32)16-7-5-4-6-8-16/h4-12,20,25-30,32,34-37H,13-15H2,1-3H3/t20-,25+,26+,27-,28+,29+,30-,32+,34-,35-/m0/s1. The molecule has 3 aromatic carbocycles. The molecule has 0 spiro atoms. The third kappa shape index (κ3) is 5.04. The van der Waals surface area contributed by atoms with Gasteiger partial charge in [-0.3, -0.25) is 4.79 Å². The fourth-order valence-corrected chi connectivity index (χ4v) is 7.58. The van der Waals surface area contributed by atoms with Gasteiger partial charge in [-0.25, -0.2) is 0 Å². The van der Waals surface area contributed by atoms with E-state index >= 15 is 0 Å². The maximum absolute atomic E-state index is 13.6. The van der Waals surface area contributed by atoms with Gasteiger partial charge in [-0.05, 0) is 41.0 Å². The Kier molecular flexibility index (Phi) is 8.06. The van der Waals surface area contributed by atoms with Crippen LogP contribution in [-0.4, -0.2) is 88.2 Å². The zero-order chi connectivity index (χ0) is 33.1. The second-order valence-corrected chi connectivity index (χ2v) is 12.3. The average molecular weight is 665 g/mol. The van der Waals surface area contributed by atoms with Crippen molar-refractivity contribution in [1.29, 1.82) is 0 Å². The Morgan fingerprint density at radius 2 is 1.48 bits per heavy atom. The zero-order valence-electron chi connectivity index (χ0n) is 26.5. The van der Waals surface area contributed by atoms with E-state index in [1.54, 1.807) is 0 Å². The quantitative estimate of drug-likeness (QED) is 0.357. The van der Waals surface area contributed by atoms with Gasteiger partial charge < -0.3 is 57.6 Å². The summed E-state index contributed by atoms with van der Waals surface area (Å²) >= 11 is 0. The van der Waals surface area contributed by atoms with Crippen LogP contribution in [0, 0.1) is 11.8 Å². The van der Waals surface area contributed by atoms with Gasteiger partial charge in [-0.1, -0.05) is 30.3 Å². The molecule has 4 heterocycles. The van der Waals surface area contributed by atoms with Crippen molar-refractivity contribution in [1.82, 2.24) is 0 Å². The average Bonchev–Trinajstić information content (AvgIpc) is 3.75. The van der Waals surface area contributed by atoms with E-state index in [1.807, 2.05) is 54.6 Å². The molecule has 3 fully saturated rings. The summed E-state index contributed by atoms with van der Waals surface area (Å²) in [5, 5.41) is 22.6. The maximum Gasteiger partial charge on any atom is 0.310 e. The molecule has 0 bridgehead atoms. The smallest absolute Gasteiger partial charge is 0.310 e. The number of hydrogen-bond donors (Lipinski definition) is 2. The van der Waals surface area contributed by atoms with Crippen molar-refractivity contribution in [2.45, 2.75) is 49.0 Å². The molecule has 3 saturated heterocycles. The van der Waals surface area contributed by atoms with E-state index in [9.17, 15) is 15.0 Å². The Bertz CT molecular complexity index is 1650. The molecule has 4 aliphatic heterocycles. The zero-order valence-corrected chi connectivity index (χ0v) is 26.5. The van der Waals surface area contributed by atoms with Gasteiger partial charge in [0.1, 0.15) is 24.4 Å². The van der Waals surface area contributed by atoms with Crippen molar-refractivity contribution in [2.75, 3.05) is 41.3 Å². The molecule has 48 heavy (non-hydrogen) atoms. The van der Waals surface area contributed by atoms with Crippen LogP contribution in [-0.2, 0) is 28.5 Å². The third-order valence-corrected chi connectivity index (χ3v) is 9.85. The molecule has 2 N–H and O–H groups in total. The van der Waals surface area contributed by atoms with Crippen LogP contribution in [0.4, 0.5) is 0 Å². The van der Waals surface area contributed by atoms with Gasteiger partial charge in [0.25, 0.3) is 0 Å². The number of aliphatic hydroxyl groups excluding tert-OH is 2. The fourth-order valence-electron chi connectivity index (χ4n) is 7.58. The van der Waals surface area contributed by atoms with Crippen LogP contribution in [0.5, 0.6) is 28.7 Å². The lowest BCUT2D eigenvalue weighted by molar-refractivity contribution is -0.369. The molecule has 0 radical (unpaired) electrons. The lowest BCUT2D eigenvalue weighted by Crippen LogP contribution is -2.62. The number of carbonyl (C=O) groups excluding carboxylic acids is 1. The number of fused-ring (bicyclic) bond motifs is 4. The topological polar surface area (TPSA) is 150 Å². The van der Waals surface area contributed by atoms with Crippen LogP contribution >= 0.6 is 0 Å². The summed E-state index contributed by atoms with van der Waals surface area (Å²) in [5.41, 5.74) is 2.95. The third-order valence-electron chi connectivity index (χ3n) is 9.85. The first-order valence-corrected chi connectivity index (χ1v) is 15.8. The first kappa shape index (κ1) is 31.2. The van der Waals surface area contributed by atoms with Crippen molar-refractivity contribution < 1.29 is 62.4 Å². The Morgan fingerprint density at radius 3 is 2.17 bits per heavy atom. The number of rotatable bonds is 7. The predicted molar refractivity (Wildman–Crippen MR) is 163 cm³/mol. The van der Waals surface area contributed by atoms with Crippen LogP contribution in [0.3, 0.4) is 0 Å². The molecular weight excluding hydrogens is 628 g/mol. The summed E-state index contributed by atoms with van der Waals surface area (Å²) in [6.07, 6.45) is -7.19. The molecule has 3 aromatic rings. The van der Waals surface area contributed by atoms with Crippen molar-refractivity contribution in [3.63, 3.8) is 0 Å². The van der Waals surface area contributed by atoms with E-state index in [4.69, 9.17) is 47.4 Å². The van der Waals surface area contributed by atoms with Crippen molar-refractivity contribution in [2.24, 2.45) is 11.8 Å². The monoisotopic (exact) mass is 664 g/mol. The van der Waals surface area contributed by atoms with Crippen molar-refractivity contribution in [3.8, 4) is 28.7 Å². The fraction of sp³-hybridized carbons (Fsp3) is 0.457. The number of hydrogen-bond acceptors (Lipinski definition) is 13. The minimum absolute atomic E-state index is 0.0389. The number of cyclic esters (lactones) is 1. The Morgan fingerprint density at radius 1 is 0.771 bits per heavy atom. The van der Waals surface area contributed by atoms with E-state index in [0.717, 1.165) is 16.7 Å². The largest absolute Gasteiger partial charge is 0.493 e. The normalized spacial score (nSPS) is 33.2. The lowest BCUT2D eigenvalue weighted by Gasteiger charge is -2.48. The highest BCUT2D eigenvalue weighted by atomic mass is 16.8. The number of aliphatic hydroxyl groups is 2. The highest BCUT2D eigenvalue weighted by Crippen LogP contribution is 2.57. The maximum atomic E-state index is 13.6. The summed E-state index contributed by atoms with van der Waals surface area (Å²) in [6, 6.07) is 16.7. The Balaban J connectivity index is 1.15. The molecule has 0 aromatic heterocycles.